The van der Waals surface area contributed by atoms with Gasteiger partial charge in [-0.05, 0) is 27.7 Å². The van der Waals surface area contributed by atoms with E-state index in [2.05, 4.69) is 0 Å². The molecular formula is C30H78N14Na14O16. The van der Waals surface area contributed by atoms with E-state index in [0.29, 0.717) is 78.5 Å². The van der Waals surface area contributed by atoms with Gasteiger partial charge in [-0.3, -0.25) is 9.80 Å². The summed E-state index contributed by atoms with van der Waals surface area (Å²) in [4.78, 5) is 79.0. The van der Waals surface area contributed by atoms with Crippen LogP contribution in [0.4, 0.5) is 0 Å². The summed E-state index contributed by atoms with van der Waals surface area (Å²) in [5.74, 6) is -10.5. The molecule has 0 aliphatic heterocycles. The van der Waals surface area contributed by atoms with Crippen LogP contribution in [-0.4, -0.2) is 175 Å². The van der Waals surface area contributed by atoms with Crippen molar-refractivity contribution in [3.63, 3.8) is 0 Å². The molecule has 30 nitrogen and oxygen atoms in total. The van der Waals surface area contributed by atoms with Crippen LogP contribution in [-0.2, 0) is 38.4 Å². The van der Waals surface area contributed by atoms with Gasteiger partial charge in [0.2, 0.25) is 0 Å². The molecule has 0 atom stereocenters. The van der Waals surface area contributed by atoms with Crippen molar-refractivity contribution in [2.75, 3.05) is 118 Å². The molecule has 0 aromatic heterocycles. The first-order chi connectivity index (χ1) is 27.6. The Morgan fingerprint density at radius 3 is 0.365 bits per heavy atom. The number of hydrogen-bond acceptors (Lipinski definition) is 30. The van der Waals surface area contributed by atoms with Gasteiger partial charge in [0.1, 0.15) is 0 Å². The molecule has 0 saturated heterocycles. The Morgan fingerprint density at radius 2 is 0.324 bits per heavy atom. The second-order valence-corrected chi connectivity index (χ2v) is 9.34. The number of carboxylic acids is 8. The SMILES string of the molecule is CC(=O)[O-].CC(=O)[O-].CC(=O)[O-].CC(=O)[O-].NCCN.NCCN.NCCN.NCCN.NCCN.NCCN.O=C([O-])CN(CCN(CC(=O)[O-])CC(=O)[O-])CC(=O)[O-].[H-].[H-].[H-].[H-].[H-].[H-].[Na+].[Na+].[Na+].[Na+].[Na+].[Na+].[Na+].[Na+].[Na+].[Na+].[Na+].[Na+].[Na+].[Na+]. The maximum atomic E-state index is 10.4. The minimum atomic E-state index is -1.53. The van der Waals surface area contributed by atoms with E-state index < -0.39 is 73.9 Å². The summed E-state index contributed by atoms with van der Waals surface area (Å²) in [5.41, 5.74) is 58.8. The zero-order valence-electron chi connectivity index (χ0n) is 55.1. The second kappa shape index (κ2) is 166. The van der Waals surface area contributed by atoms with E-state index in [1.807, 2.05) is 0 Å². The van der Waals surface area contributed by atoms with Crippen molar-refractivity contribution in [2.24, 2.45) is 68.8 Å². The largest absolute Gasteiger partial charge is 1.00 e. The van der Waals surface area contributed by atoms with Crippen molar-refractivity contribution in [1.82, 2.24) is 9.80 Å². The monoisotopic (exact) mass is 1210 g/mol. The van der Waals surface area contributed by atoms with Crippen LogP contribution in [0, 0.1) is 0 Å². The van der Waals surface area contributed by atoms with Gasteiger partial charge in [-0.2, -0.15) is 0 Å². The molecule has 0 aliphatic carbocycles. The van der Waals surface area contributed by atoms with Gasteiger partial charge in [-0.1, -0.05) is 0 Å². The van der Waals surface area contributed by atoms with Crippen molar-refractivity contribution < 1.29 is 502 Å². The van der Waals surface area contributed by atoms with Gasteiger partial charge >= 0.3 is 414 Å². The Balaban J connectivity index is -0.0000000120. The van der Waals surface area contributed by atoms with E-state index in [-0.39, 0.29) is 435 Å². The molecule has 0 radical (unpaired) electrons. The predicted octanol–water partition coefficient (Wildman–Crippen LogP) is -60.2. The van der Waals surface area contributed by atoms with E-state index >= 15 is 0 Å². The van der Waals surface area contributed by atoms with Crippen LogP contribution in [0.1, 0.15) is 36.3 Å². The summed E-state index contributed by atoms with van der Waals surface area (Å²) in [6, 6.07) is 0. The first kappa shape index (κ1) is 166. The van der Waals surface area contributed by atoms with Crippen molar-refractivity contribution in [3.05, 3.63) is 0 Å². The quantitative estimate of drug-likeness (QED) is 0.0602. The third kappa shape index (κ3) is 399. The van der Waals surface area contributed by atoms with Gasteiger partial charge in [-0.15, -0.1) is 0 Å². The van der Waals surface area contributed by atoms with Crippen LogP contribution in [0.2, 0.25) is 0 Å². The van der Waals surface area contributed by atoms with Gasteiger partial charge in [0.25, 0.3) is 0 Å². The molecule has 0 aromatic carbocycles. The number of aliphatic carboxylic acids is 8. The molecule has 0 heterocycles. The van der Waals surface area contributed by atoms with Crippen LogP contribution in [0.15, 0.2) is 0 Å². The molecule has 0 aromatic rings. The number of nitrogens with zero attached hydrogens (tertiary/aromatic N) is 2. The molecule has 0 aliphatic rings. The third-order valence-corrected chi connectivity index (χ3v) is 3.14. The van der Waals surface area contributed by atoms with Crippen LogP contribution in [0.3, 0.4) is 0 Å². The number of hydrogen-bond donors (Lipinski definition) is 12. The zero-order chi connectivity index (χ0) is 50.5. The van der Waals surface area contributed by atoms with Gasteiger partial charge in [0.05, 0.1) is 23.9 Å². The van der Waals surface area contributed by atoms with Gasteiger partial charge in [0.15, 0.2) is 0 Å². The Labute approximate surface area is 757 Å². The third-order valence-electron chi connectivity index (χ3n) is 3.14. The Morgan fingerprint density at radius 1 is 0.257 bits per heavy atom. The number of nitrogens with two attached hydrogens (primary N) is 12. The fraction of sp³-hybridized carbons (Fsp3) is 0.733. The summed E-state index contributed by atoms with van der Waals surface area (Å²) >= 11 is 0. The second-order valence-electron chi connectivity index (χ2n) is 9.34. The number of rotatable bonds is 17. The predicted molar refractivity (Wildman–Crippen MR) is 211 cm³/mol. The molecular weight excluding hydrogens is 1130 g/mol. The number of carbonyl (C=O) groups is 8. The summed E-state index contributed by atoms with van der Waals surface area (Å²) in [7, 11) is 0. The van der Waals surface area contributed by atoms with E-state index in [1.165, 1.54) is 0 Å². The molecule has 74 heavy (non-hydrogen) atoms. The molecule has 0 bridgehead atoms. The topological polar surface area (TPSA) is 640 Å². The van der Waals surface area contributed by atoms with E-state index in [4.69, 9.17) is 108 Å². The minimum absolute atomic E-state index is 0. The summed E-state index contributed by atoms with van der Waals surface area (Å²) in [5, 5.41) is 77.2. The maximum Gasteiger partial charge on any atom is 1.00 e. The number of carboxylic acid groups (broad SMARTS) is 8. The van der Waals surface area contributed by atoms with Crippen molar-refractivity contribution in [1.29, 1.82) is 0 Å². The Kier molecular flexibility index (Phi) is 372. The zero-order valence-corrected chi connectivity index (χ0v) is 77.1. The van der Waals surface area contributed by atoms with Crippen molar-refractivity contribution in [2.45, 2.75) is 27.7 Å². The first-order valence-corrected chi connectivity index (χ1v) is 17.0. The van der Waals surface area contributed by atoms with Gasteiger partial charge in [0, 0.05) is 142 Å². The molecule has 24 N–H and O–H groups in total. The summed E-state index contributed by atoms with van der Waals surface area (Å²) in [6.45, 7) is 7.80. The standard InChI is InChI=1S/C10H16N2O8.6C2H8N2.4C2H4O2.14Na.6H/c13-7(14)3-11(4-8(15)16)1-2-12(5-9(17)18)6-10(19)20;6*3-1-2-4;4*1-2(3)4;;;;;;;;;;;;;;;;;;;;/h1-6H2,(H,13,14)(H,15,16)(H,17,18)(H,19,20);6*1-4H2;4*1H3,(H,3,4);;;;;;;;;;;;;;;;;;;;/q;;;;;;;;;;;14*+1;6*-1/p-8. The number of carbonyl (C=O) groups excluding carboxylic acids is 8. The van der Waals surface area contributed by atoms with E-state index in [9.17, 15) is 39.6 Å². The molecule has 378 valence electrons. The summed E-state index contributed by atoms with van der Waals surface area (Å²) in [6.07, 6.45) is 0. The Hall–Kier alpha value is 9.20. The molecule has 0 amide bonds. The van der Waals surface area contributed by atoms with Crippen LogP contribution in [0.5, 0.6) is 0 Å². The minimum Gasteiger partial charge on any atom is -1.00 e. The molecule has 0 saturated carbocycles. The van der Waals surface area contributed by atoms with Crippen LogP contribution in [0.25, 0.3) is 0 Å². The maximum absolute atomic E-state index is 10.4. The fourth-order valence-electron chi connectivity index (χ4n) is 1.44. The fourth-order valence-corrected chi connectivity index (χ4v) is 1.44. The summed E-state index contributed by atoms with van der Waals surface area (Å²) < 4.78 is 0. The molecule has 0 rings (SSSR count). The van der Waals surface area contributed by atoms with Crippen molar-refractivity contribution in [3.8, 4) is 0 Å². The van der Waals surface area contributed by atoms with Crippen LogP contribution >= 0.6 is 0 Å². The normalized spacial score (nSPS) is 6.68. The van der Waals surface area contributed by atoms with Gasteiger partial charge < -0.3 is 157 Å². The van der Waals surface area contributed by atoms with Crippen LogP contribution < -0.4 is 523 Å². The smallest absolute Gasteiger partial charge is 1.00 e. The van der Waals surface area contributed by atoms with E-state index in [0.717, 1.165) is 37.5 Å². The molecule has 0 fully saturated rings. The average Bonchev–Trinajstić information content (AvgIpc) is 3.12. The first-order valence-electron chi connectivity index (χ1n) is 17.0. The van der Waals surface area contributed by atoms with Crippen molar-refractivity contribution >= 4 is 47.8 Å². The van der Waals surface area contributed by atoms with Gasteiger partial charge in [-0.25, -0.2) is 0 Å². The average molecular weight is 1210 g/mol. The molecule has 0 spiro atoms. The Bertz CT molecular complexity index is 854. The molecule has 0 unspecified atom stereocenters. The van der Waals surface area contributed by atoms with E-state index in [1.54, 1.807) is 0 Å². The molecule has 44 heteroatoms.